The molecule has 0 saturated carbocycles. The first-order chi connectivity index (χ1) is 12.6. The van der Waals surface area contributed by atoms with Crippen LogP contribution in [0.25, 0.3) is 0 Å². The zero-order valence-electron chi connectivity index (χ0n) is 15.1. The fourth-order valence-corrected chi connectivity index (χ4v) is 5.87. The molecule has 2 rings (SSSR count). The van der Waals surface area contributed by atoms with Crippen molar-refractivity contribution in [1.29, 1.82) is 0 Å². The molecule has 0 bridgehead atoms. The lowest BCUT2D eigenvalue weighted by atomic mass is 10.2. The first-order valence-corrected chi connectivity index (χ1v) is 11.2. The number of rotatable bonds is 7. The number of nitrogens with one attached hydrogen (secondary N) is 2. The second kappa shape index (κ2) is 9.23. The highest BCUT2D eigenvalue weighted by Crippen LogP contribution is 2.24. The van der Waals surface area contributed by atoms with Gasteiger partial charge in [0.1, 0.15) is 0 Å². The molecule has 1 aromatic carbocycles. The van der Waals surface area contributed by atoms with Gasteiger partial charge in [-0.15, -0.1) is 11.8 Å². The fraction of sp³-hybridized carbons (Fsp3) is 0.471. The van der Waals surface area contributed by atoms with Crippen LogP contribution in [0.15, 0.2) is 24.3 Å². The summed E-state index contributed by atoms with van der Waals surface area (Å²) in [6.07, 6.45) is -0.453. The minimum atomic E-state index is -2.98. The Kier molecular flexibility index (Phi) is 7.25. The van der Waals surface area contributed by atoms with Crippen molar-refractivity contribution >= 4 is 50.8 Å². The number of esters is 1. The van der Waals surface area contributed by atoms with Gasteiger partial charge in [-0.2, -0.15) is 0 Å². The Morgan fingerprint density at radius 1 is 1.19 bits per heavy atom. The molecular formula is C17H22N2O6S2. The molecule has 1 fully saturated rings. The van der Waals surface area contributed by atoms with E-state index in [4.69, 9.17) is 4.74 Å². The number of carbonyl (C=O) groups excluding carboxylic acids is 3. The summed E-state index contributed by atoms with van der Waals surface area (Å²) in [6, 6.07) is 6.52. The molecule has 0 unspecified atom stereocenters. The normalized spacial score (nSPS) is 19.1. The van der Waals surface area contributed by atoms with Crippen LogP contribution in [0.5, 0.6) is 0 Å². The third-order valence-electron chi connectivity index (χ3n) is 3.78. The molecule has 0 aliphatic carbocycles. The van der Waals surface area contributed by atoms with E-state index in [1.807, 2.05) is 0 Å². The smallest absolute Gasteiger partial charge is 0.316 e. The second-order valence-corrected chi connectivity index (χ2v) is 9.73. The predicted octanol–water partition coefficient (Wildman–Crippen LogP) is 1.44. The minimum absolute atomic E-state index is 0.00319. The van der Waals surface area contributed by atoms with Gasteiger partial charge in [0.05, 0.1) is 17.3 Å². The van der Waals surface area contributed by atoms with Crippen LogP contribution < -0.4 is 10.6 Å². The summed E-state index contributed by atoms with van der Waals surface area (Å²) in [4.78, 5) is 35.0. The van der Waals surface area contributed by atoms with Gasteiger partial charge >= 0.3 is 5.97 Å². The molecule has 1 aromatic rings. The molecule has 1 saturated heterocycles. The number of ether oxygens (including phenoxy) is 1. The fourth-order valence-electron chi connectivity index (χ4n) is 2.45. The van der Waals surface area contributed by atoms with Crippen LogP contribution in [0, 0.1) is 0 Å². The number of carbonyl (C=O) groups is 3. The highest BCUT2D eigenvalue weighted by Gasteiger charge is 2.29. The zero-order valence-corrected chi connectivity index (χ0v) is 16.7. The highest BCUT2D eigenvalue weighted by molar-refractivity contribution is 8.02. The molecule has 2 amide bonds. The number of amides is 2. The van der Waals surface area contributed by atoms with Gasteiger partial charge in [0.15, 0.2) is 15.9 Å². The molecule has 1 aliphatic heterocycles. The van der Waals surface area contributed by atoms with E-state index in [1.165, 1.54) is 25.6 Å². The van der Waals surface area contributed by atoms with Gasteiger partial charge in [0.2, 0.25) is 5.91 Å². The van der Waals surface area contributed by atoms with Crippen molar-refractivity contribution in [3.63, 3.8) is 0 Å². The maximum Gasteiger partial charge on any atom is 0.316 e. The lowest BCUT2D eigenvalue weighted by Crippen LogP contribution is -2.30. The summed E-state index contributed by atoms with van der Waals surface area (Å²) < 4.78 is 27.9. The summed E-state index contributed by atoms with van der Waals surface area (Å²) in [5.41, 5.74) is 1.11. The van der Waals surface area contributed by atoms with Crippen LogP contribution in [0.1, 0.15) is 20.3 Å². The van der Waals surface area contributed by atoms with Crippen molar-refractivity contribution in [3.8, 4) is 0 Å². The van der Waals surface area contributed by atoms with E-state index >= 15 is 0 Å². The Morgan fingerprint density at radius 3 is 2.30 bits per heavy atom. The monoisotopic (exact) mass is 414 g/mol. The molecule has 10 heteroatoms. The molecule has 2 N–H and O–H groups in total. The molecule has 8 nitrogen and oxygen atoms in total. The third-order valence-corrected chi connectivity index (χ3v) is 7.03. The average Bonchev–Trinajstić information content (AvgIpc) is 2.93. The number of anilines is 2. The van der Waals surface area contributed by atoms with Crippen molar-refractivity contribution in [2.75, 3.05) is 27.9 Å². The highest BCUT2D eigenvalue weighted by atomic mass is 32.2. The van der Waals surface area contributed by atoms with Crippen LogP contribution in [0.2, 0.25) is 0 Å². The number of benzene rings is 1. The first-order valence-electron chi connectivity index (χ1n) is 8.34. The molecule has 0 spiro atoms. The Hall–Kier alpha value is -2.07. The summed E-state index contributed by atoms with van der Waals surface area (Å²) in [5, 5.41) is 5.13. The van der Waals surface area contributed by atoms with Gasteiger partial charge in [-0.3, -0.25) is 14.4 Å². The standard InChI is InChI=1S/C17H22N2O6S2/c1-11(25-16(21)9-26-15-7-8-27(23,24)10-15)17(22)19-14-5-3-13(4-6-14)18-12(2)20/h3-6,11,15H,7-10H2,1-2H3,(H,18,20)(H,19,22)/t11-,15-/m0/s1. The molecule has 0 radical (unpaired) electrons. The van der Waals surface area contributed by atoms with Crippen LogP contribution >= 0.6 is 11.8 Å². The van der Waals surface area contributed by atoms with Crippen molar-refractivity contribution in [2.24, 2.45) is 0 Å². The average molecular weight is 415 g/mol. The number of hydrogen-bond acceptors (Lipinski definition) is 7. The Balaban J connectivity index is 1.76. The van der Waals surface area contributed by atoms with Crippen LogP contribution in [-0.2, 0) is 29.0 Å². The summed E-state index contributed by atoms with van der Waals surface area (Å²) in [5.74, 6) is -1.00. The third kappa shape index (κ3) is 7.22. The molecule has 27 heavy (non-hydrogen) atoms. The van der Waals surface area contributed by atoms with Gasteiger partial charge < -0.3 is 15.4 Å². The molecule has 0 aromatic heterocycles. The number of sulfone groups is 1. The summed E-state index contributed by atoms with van der Waals surface area (Å²) >= 11 is 1.24. The lowest BCUT2D eigenvalue weighted by molar-refractivity contribution is -0.150. The van der Waals surface area contributed by atoms with E-state index in [0.29, 0.717) is 17.8 Å². The van der Waals surface area contributed by atoms with Gasteiger partial charge in [0.25, 0.3) is 5.91 Å². The van der Waals surface area contributed by atoms with Crippen LogP contribution in [-0.4, -0.2) is 54.8 Å². The first kappa shape index (κ1) is 21.2. The predicted molar refractivity (Wildman–Crippen MR) is 104 cm³/mol. The van der Waals surface area contributed by atoms with Crippen molar-refractivity contribution < 1.29 is 27.5 Å². The molecule has 148 valence electrons. The summed E-state index contributed by atoms with van der Waals surface area (Å²) in [6.45, 7) is 2.86. The van der Waals surface area contributed by atoms with Crippen LogP contribution in [0.4, 0.5) is 11.4 Å². The van der Waals surface area contributed by atoms with Gasteiger partial charge in [-0.05, 0) is 37.6 Å². The van der Waals surface area contributed by atoms with E-state index in [-0.39, 0.29) is 28.4 Å². The largest absolute Gasteiger partial charge is 0.452 e. The van der Waals surface area contributed by atoms with E-state index < -0.39 is 27.8 Å². The lowest BCUT2D eigenvalue weighted by Gasteiger charge is -2.14. The van der Waals surface area contributed by atoms with Crippen molar-refractivity contribution in [3.05, 3.63) is 24.3 Å². The van der Waals surface area contributed by atoms with E-state index in [0.717, 1.165) is 0 Å². The summed E-state index contributed by atoms with van der Waals surface area (Å²) in [7, 11) is -2.98. The Morgan fingerprint density at radius 2 is 1.78 bits per heavy atom. The van der Waals surface area contributed by atoms with E-state index in [2.05, 4.69) is 10.6 Å². The number of hydrogen-bond donors (Lipinski definition) is 2. The topological polar surface area (TPSA) is 119 Å². The maximum atomic E-state index is 12.1. The number of thioether (sulfide) groups is 1. The van der Waals surface area contributed by atoms with Crippen molar-refractivity contribution in [1.82, 2.24) is 0 Å². The molecular weight excluding hydrogens is 392 g/mol. The molecule has 1 aliphatic rings. The van der Waals surface area contributed by atoms with Crippen LogP contribution in [0.3, 0.4) is 0 Å². The maximum absolute atomic E-state index is 12.1. The second-order valence-electron chi connectivity index (χ2n) is 6.22. The van der Waals surface area contributed by atoms with Gasteiger partial charge in [-0.25, -0.2) is 8.42 Å². The minimum Gasteiger partial charge on any atom is -0.452 e. The van der Waals surface area contributed by atoms with E-state index in [9.17, 15) is 22.8 Å². The Bertz CT molecular complexity index is 807. The zero-order chi connectivity index (χ0) is 20.0. The molecule has 2 atom stereocenters. The Labute approximate surface area is 162 Å². The van der Waals surface area contributed by atoms with Crippen molar-refractivity contribution in [2.45, 2.75) is 31.6 Å². The molecule has 1 heterocycles. The SMILES string of the molecule is CC(=O)Nc1ccc(NC(=O)[C@H](C)OC(=O)CS[C@H]2CCS(=O)(=O)C2)cc1. The van der Waals surface area contributed by atoms with E-state index in [1.54, 1.807) is 24.3 Å². The quantitative estimate of drug-likeness (QED) is 0.648. The van der Waals surface area contributed by atoms with Gasteiger partial charge in [-0.1, -0.05) is 0 Å². The van der Waals surface area contributed by atoms with Gasteiger partial charge in [0, 0.05) is 23.5 Å².